The van der Waals surface area contributed by atoms with Crippen LogP contribution in [0.5, 0.6) is 5.88 Å². The number of nitrogens with one attached hydrogen (secondary N) is 1. The summed E-state index contributed by atoms with van der Waals surface area (Å²) < 4.78 is 7.07. The SMILES string of the molecule is CC#CCCNCc1c(C)nn(C)c1OC. The van der Waals surface area contributed by atoms with Crippen molar-refractivity contribution in [1.29, 1.82) is 0 Å². The smallest absolute Gasteiger partial charge is 0.216 e. The van der Waals surface area contributed by atoms with Gasteiger partial charge in [0.1, 0.15) is 0 Å². The molecule has 0 aliphatic carbocycles. The molecule has 16 heavy (non-hydrogen) atoms. The Kier molecular flexibility index (Phi) is 4.87. The van der Waals surface area contributed by atoms with Crippen LogP contribution < -0.4 is 10.1 Å². The van der Waals surface area contributed by atoms with Crippen molar-refractivity contribution < 1.29 is 4.74 Å². The minimum Gasteiger partial charge on any atom is -0.481 e. The molecule has 0 atom stereocenters. The summed E-state index contributed by atoms with van der Waals surface area (Å²) in [5.74, 6) is 6.72. The molecule has 0 aliphatic rings. The Hall–Kier alpha value is -1.47. The topological polar surface area (TPSA) is 39.1 Å². The van der Waals surface area contributed by atoms with E-state index in [-0.39, 0.29) is 0 Å². The molecule has 1 heterocycles. The molecule has 4 nitrogen and oxygen atoms in total. The lowest BCUT2D eigenvalue weighted by Gasteiger charge is -2.05. The second kappa shape index (κ2) is 6.19. The Morgan fingerprint density at radius 1 is 1.50 bits per heavy atom. The highest BCUT2D eigenvalue weighted by atomic mass is 16.5. The van der Waals surface area contributed by atoms with Crippen LogP contribution in [0.1, 0.15) is 24.6 Å². The van der Waals surface area contributed by atoms with Crippen LogP contribution in [-0.4, -0.2) is 23.4 Å². The van der Waals surface area contributed by atoms with Crippen LogP contribution in [0.15, 0.2) is 0 Å². The lowest BCUT2D eigenvalue weighted by atomic mass is 10.2. The fraction of sp³-hybridized carbons (Fsp3) is 0.583. The van der Waals surface area contributed by atoms with E-state index in [0.717, 1.165) is 36.6 Å². The second-order valence-electron chi connectivity index (χ2n) is 3.55. The highest BCUT2D eigenvalue weighted by molar-refractivity contribution is 5.30. The Morgan fingerprint density at radius 2 is 2.25 bits per heavy atom. The van der Waals surface area contributed by atoms with Crippen molar-refractivity contribution in [3.05, 3.63) is 11.3 Å². The molecule has 4 heteroatoms. The second-order valence-corrected chi connectivity index (χ2v) is 3.55. The van der Waals surface area contributed by atoms with E-state index >= 15 is 0 Å². The molecule has 0 amide bonds. The first-order chi connectivity index (χ1) is 7.70. The summed E-state index contributed by atoms with van der Waals surface area (Å²) in [5, 5.41) is 7.65. The maximum Gasteiger partial charge on any atom is 0.216 e. The summed E-state index contributed by atoms with van der Waals surface area (Å²) >= 11 is 0. The predicted octanol–water partition coefficient (Wildman–Crippen LogP) is 1.24. The summed E-state index contributed by atoms with van der Waals surface area (Å²) in [6.45, 7) is 5.51. The first-order valence-electron chi connectivity index (χ1n) is 5.37. The summed E-state index contributed by atoms with van der Waals surface area (Å²) in [6, 6.07) is 0. The molecule has 1 N–H and O–H groups in total. The molecule has 88 valence electrons. The fourth-order valence-electron chi connectivity index (χ4n) is 1.63. The van der Waals surface area contributed by atoms with E-state index in [0.29, 0.717) is 0 Å². The van der Waals surface area contributed by atoms with Gasteiger partial charge in [0, 0.05) is 26.6 Å². The third-order valence-corrected chi connectivity index (χ3v) is 2.39. The van der Waals surface area contributed by atoms with Gasteiger partial charge in [0.25, 0.3) is 0 Å². The zero-order valence-corrected chi connectivity index (χ0v) is 10.4. The molecule has 1 rings (SSSR count). The molecule has 0 spiro atoms. The molecule has 0 saturated heterocycles. The van der Waals surface area contributed by atoms with Gasteiger partial charge in [-0.2, -0.15) is 5.10 Å². The molecular weight excluding hydrogens is 202 g/mol. The van der Waals surface area contributed by atoms with Crippen LogP contribution >= 0.6 is 0 Å². The van der Waals surface area contributed by atoms with Crippen molar-refractivity contribution in [3.8, 4) is 17.7 Å². The Bertz CT molecular complexity index is 398. The number of methoxy groups -OCH3 is 1. The molecule has 0 aromatic carbocycles. The molecule has 0 unspecified atom stereocenters. The van der Waals surface area contributed by atoms with Gasteiger partial charge in [0.05, 0.1) is 18.4 Å². The molecule has 0 bridgehead atoms. The monoisotopic (exact) mass is 221 g/mol. The third kappa shape index (κ3) is 3.01. The summed E-state index contributed by atoms with van der Waals surface area (Å²) in [5.41, 5.74) is 2.13. The summed E-state index contributed by atoms with van der Waals surface area (Å²) in [4.78, 5) is 0. The van der Waals surface area contributed by atoms with Crippen LogP contribution in [0.3, 0.4) is 0 Å². The van der Waals surface area contributed by atoms with Gasteiger partial charge >= 0.3 is 0 Å². The molecule has 0 aliphatic heterocycles. The normalized spacial score (nSPS) is 9.75. The standard InChI is InChI=1S/C12H19N3O/c1-5-6-7-8-13-9-11-10(2)14-15(3)12(11)16-4/h13H,7-9H2,1-4H3. The van der Waals surface area contributed by atoms with Gasteiger partial charge < -0.3 is 10.1 Å². The van der Waals surface area contributed by atoms with E-state index in [9.17, 15) is 0 Å². The summed E-state index contributed by atoms with van der Waals surface area (Å²) in [7, 11) is 3.56. The maximum absolute atomic E-state index is 5.31. The fourth-order valence-corrected chi connectivity index (χ4v) is 1.63. The van der Waals surface area contributed by atoms with E-state index in [4.69, 9.17) is 4.74 Å². The number of ether oxygens (including phenoxy) is 1. The minimum absolute atomic E-state index is 0.772. The van der Waals surface area contributed by atoms with Gasteiger partial charge in [-0.15, -0.1) is 11.8 Å². The quantitative estimate of drug-likeness (QED) is 0.600. The van der Waals surface area contributed by atoms with Crippen molar-refractivity contribution in [3.63, 3.8) is 0 Å². The summed E-state index contributed by atoms with van der Waals surface area (Å²) in [6.07, 6.45) is 0.873. The van der Waals surface area contributed by atoms with Crippen molar-refractivity contribution >= 4 is 0 Å². The van der Waals surface area contributed by atoms with Gasteiger partial charge in [-0.3, -0.25) is 0 Å². The molecule has 0 saturated carbocycles. The van der Waals surface area contributed by atoms with E-state index < -0.39 is 0 Å². The molecule has 1 aromatic rings. The van der Waals surface area contributed by atoms with E-state index in [1.54, 1.807) is 11.8 Å². The van der Waals surface area contributed by atoms with Crippen LogP contribution in [0.2, 0.25) is 0 Å². The Balaban J connectivity index is 2.55. The van der Waals surface area contributed by atoms with Gasteiger partial charge in [-0.25, -0.2) is 4.68 Å². The van der Waals surface area contributed by atoms with Gasteiger partial charge in [-0.05, 0) is 13.8 Å². The zero-order chi connectivity index (χ0) is 12.0. The van der Waals surface area contributed by atoms with Crippen LogP contribution in [0.4, 0.5) is 0 Å². The first kappa shape index (κ1) is 12.6. The van der Waals surface area contributed by atoms with Crippen molar-refractivity contribution in [1.82, 2.24) is 15.1 Å². The van der Waals surface area contributed by atoms with Crippen LogP contribution in [-0.2, 0) is 13.6 Å². The van der Waals surface area contributed by atoms with Crippen molar-refractivity contribution in [2.75, 3.05) is 13.7 Å². The van der Waals surface area contributed by atoms with Crippen LogP contribution in [0, 0.1) is 18.8 Å². The molecule has 0 fully saturated rings. The lowest BCUT2D eigenvalue weighted by molar-refractivity contribution is 0.368. The lowest BCUT2D eigenvalue weighted by Crippen LogP contribution is -2.15. The number of rotatable bonds is 5. The highest BCUT2D eigenvalue weighted by Crippen LogP contribution is 2.20. The predicted molar refractivity (Wildman–Crippen MR) is 64.3 cm³/mol. The van der Waals surface area contributed by atoms with Gasteiger partial charge in [0.15, 0.2) is 0 Å². The van der Waals surface area contributed by atoms with E-state index in [1.165, 1.54) is 0 Å². The number of hydrogen-bond acceptors (Lipinski definition) is 3. The largest absolute Gasteiger partial charge is 0.481 e. The van der Waals surface area contributed by atoms with Gasteiger partial charge in [0.2, 0.25) is 5.88 Å². The average molecular weight is 221 g/mol. The Labute approximate surface area is 97.0 Å². The number of hydrogen-bond donors (Lipinski definition) is 1. The average Bonchev–Trinajstić information content (AvgIpc) is 2.53. The van der Waals surface area contributed by atoms with Gasteiger partial charge in [-0.1, -0.05) is 0 Å². The van der Waals surface area contributed by atoms with Crippen molar-refractivity contribution in [2.45, 2.75) is 26.8 Å². The molecular formula is C12H19N3O. The first-order valence-corrected chi connectivity index (χ1v) is 5.37. The zero-order valence-electron chi connectivity index (χ0n) is 10.4. The Morgan fingerprint density at radius 3 is 2.88 bits per heavy atom. The van der Waals surface area contributed by atoms with Crippen LogP contribution in [0.25, 0.3) is 0 Å². The number of aromatic nitrogens is 2. The molecule has 1 aromatic heterocycles. The molecule has 0 radical (unpaired) electrons. The van der Waals surface area contributed by atoms with E-state index in [2.05, 4.69) is 22.3 Å². The van der Waals surface area contributed by atoms with E-state index in [1.807, 2.05) is 20.9 Å². The number of aryl methyl sites for hydroxylation is 2. The number of nitrogens with zero attached hydrogens (tertiary/aromatic N) is 2. The third-order valence-electron chi connectivity index (χ3n) is 2.39. The maximum atomic E-state index is 5.31. The minimum atomic E-state index is 0.772. The highest BCUT2D eigenvalue weighted by Gasteiger charge is 2.12. The van der Waals surface area contributed by atoms with Crippen molar-refractivity contribution in [2.24, 2.45) is 7.05 Å².